The molecule has 0 radical (unpaired) electrons. The van der Waals surface area contributed by atoms with Crippen LogP contribution in [0.2, 0.25) is 5.02 Å². The van der Waals surface area contributed by atoms with E-state index in [9.17, 15) is 15.3 Å². The Morgan fingerprint density at radius 1 is 1.05 bits per heavy atom. The van der Waals surface area contributed by atoms with Crippen LogP contribution in [0.5, 0.6) is 17.2 Å². The van der Waals surface area contributed by atoms with Gasteiger partial charge in [0.15, 0.2) is 11.5 Å². The van der Waals surface area contributed by atoms with Crippen molar-refractivity contribution < 1.29 is 15.3 Å². The van der Waals surface area contributed by atoms with Gasteiger partial charge in [0.2, 0.25) is 5.75 Å². The Balaban J connectivity index is 2.17. The molecular formula is C13H11BrClNO3. The van der Waals surface area contributed by atoms with Crippen LogP contribution in [-0.4, -0.2) is 15.3 Å². The molecule has 0 fully saturated rings. The van der Waals surface area contributed by atoms with Gasteiger partial charge >= 0.3 is 0 Å². The van der Waals surface area contributed by atoms with E-state index in [1.807, 2.05) is 0 Å². The number of anilines is 1. The standard InChI is InChI=1S/C13H11BrClNO3/c14-9-5-8(15)2-3-10(9)16-6-7-1-4-11(17)13(19)12(7)18/h1-5,16-19H,6H2. The van der Waals surface area contributed by atoms with E-state index in [-0.39, 0.29) is 11.5 Å². The molecule has 2 rings (SSSR count). The fraction of sp³-hybridized carbons (Fsp3) is 0.0769. The van der Waals surface area contributed by atoms with Gasteiger partial charge in [-0.2, -0.15) is 0 Å². The topological polar surface area (TPSA) is 72.7 Å². The third-order valence-electron chi connectivity index (χ3n) is 2.61. The second-order valence-corrected chi connectivity index (χ2v) is 5.21. The summed E-state index contributed by atoms with van der Waals surface area (Å²) in [6.45, 7) is 0.292. The lowest BCUT2D eigenvalue weighted by Crippen LogP contribution is -2.00. The molecule has 0 aliphatic carbocycles. The summed E-state index contributed by atoms with van der Waals surface area (Å²) in [5.41, 5.74) is 1.27. The predicted octanol–water partition coefficient (Wildman–Crippen LogP) is 3.83. The Morgan fingerprint density at radius 3 is 2.47 bits per heavy atom. The molecule has 0 aliphatic heterocycles. The van der Waals surface area contributed by atoms with Gasteiger partial charge in [-0.05, 0) is 46.3 Å². The van der Waals surface area contributed by atoms with Crippen LogP contribution in [-0.2, 0) is 6.54 Å². The fourth-order valence-corrected chi connectivity index (χ4v) is 2.40. The van der Waals surface area contributed by atoms with Crippen molar-refractivity contribution in [3.8, 4) is 17.2 Å². The smallest absolute Gasteiger partial charge is 0.200 e. The summed E-state index contributed by atoms with van der Waals surface area (Å²) in [6.07, 6.45) is 0. The minimum Gasteiger partial charge on any atom is -0.504 e. The normalized spacial score (nSPS) is 10.4. The van der Waals surface area contributed by atoms with Crippen LogP contribution in [0.1, 0.15) is 5.56 Å². The van der Waals surface area contributed by atoms with E-state index in [1.165, 1.54) is 12.1 Å². The molecule has 100 valence electrons. The number of phenols is 3. The quantitative estimate of drug-likeness (QED) is 0.639. The fourth-order valence-electron chi connectivity index (χ4n) is 1.58. The minimum absolute atomic E-state index is 0.292. The highest BCUT2D eigenvalue weighted by Crippen LogP contribution is 2.37. The van der Waals surface area contributed by atoms with Crippen LogP contribution in [0.25, 0.3) is 0 Å². The highest BCUT2D eigenvalue weighted by Gasteiger charge is 2.11. The Bertz CT molecular complexity index is 619. The summed E-state index contributed by atoms with van der Waals surface area (Å²) in [4.78, 5) is 0. The molecule has 0 saturated carbocycles. The van der Waals surface area contributed by atoms with Crippen molar-refractivity contribution in [3.63, 3.8) is 0 Å². The van der Waals surface area contributed by atoms with Crippen LogP contribution >= 0.6 is 27.5 Å². The van der Waals surface area contributed by atoms with Gasteiger partial charge in [-0.3, -0.25) is 0 Å². The molecule has 0 bridgehead atoms. The molecule has 0 unspecified atom stereocenters. The Morgan fingerprint density at radius 2 is 1.79 bits per heavy atom. The molecule has 2 aromatic carbocycles. The Labute approximate surface area is 123 Å². The van der Waals surface area contributed by atoms with Gasteiger partial charge in [0, 0.05) is 27.3 Å². The van der Waals surface area contributed by atoms with Crippen LogP contribution in [0.3, 0.4) is 0 Å². The van der Waals surface area contributed by atoms with Crippen LogP contribution in [0, 0.1) is 0 Å². The SMILES string of the molecule is Oc1ccc(CNc2ccc(Cl)cc2Br)c(O)c1O. The van der Waals surface area contributed by atoms with Crippen molar-refractivity contribution in [2.75, 3.05) is 5.32 Å². The molecule has 0 saturated heterocycles. The maximum Gasteiger partial charge on any atom is 0.200 e. The second-order valence-electron chi connectivity index (χ2n) is 3.92. The van der Waals surface area contributed by atoms with Gasteiger partial charge in [-0.15, -0.1) is 0 Å². The van der Waals surface area contributed by atoms with E-state index >= 15 is 0 Å². The third-order valence-corrected chi connectivity index (χ3v) is 3.51. The largest absolute Gasteiger partial charge is 0.504 e. The van der Waals surface area contributed by atoms with Gasteiger partial charge in [-0.1, -0.05) is 11.6 Å². The lowest BCUT2D eigenvalue weighted by atomic mass is 10.1. The first kappa shape index (κ1) is 13.8. The predicted molar refractivity (Wildman–Crippen MR) is 77.9 cm³/mol. The second kappa shape index (κ2) is 5.59. The van der Waals surface area contributed by atoms with Crippen LogP contribution < -0.4 is 5.32 Å². The average molecular weight is 345 g/mol. The van der Waals surface area contributed by atoms with Crippen molar-refractivity contribution >= 4 is 33.2 Å². The summed E-state index contributed by atoms with van der Waals surface area (Å²) in [7, 11) is 0. The van der Waals surface area contributed by atoms with E-state index in [0.717, 1.165) is 10.2 Å². The first-order valence-electron chi connectivity index (χ1n) is 5.40. The summed E-state index contributed by atoms with van der Waals surface area (Å²) in [6, 6.07) is 8.13. The van der Waals surface area contributed by atoms with Crippen molar-refractivity contribution in [2.24, 2.45) is 0 Å². The van der Waals surface area contributed by atoms with Crippen LogP contribution in [0.4, 0.5) is 5.69 Å². The van der Waals surface area contributed by atoms with Crippen LogP contribution in [0.15, 0.2) is 34.8 Å². The zero-order valence-electron chi connectivity index (χ0n) is 9.69. The molecule has 4 nitrogen and oxygen atoms in total. The summed E-state index contributed by atoms with van der Waals surface area (Å²) >= 11 is 9.21. The van der Waals surface area contributed by atoms with E-state index in [0.29, 0.717) is 17.1 Å². The lowest BCUT2D eigenvalue weighted by Gasteiger charge is -2.11. The van der Waals surface area contributed by atoms with E-state index in [1.54, 1.807) is 18.2 Å². The number of aromatic hydroxyl groups is 3. The number of hydrogen-bond donors (Lipinski definition) is 4. The molecule has 0 aliphatic rings. The monoisotopic (exact) mass is 343 g/mol. The first-order valence-corrected chi connectivity index (χ1v) is 6.58. The molecule has 0 heterocycles. The van der Waals surface area contributed by atoms with Crippen molar-refractivity contribution in [1.29, 1.82) is 0 Å². The minimum atomic E-state index is -0.519. The van der Waals surface area contributed by atoms with Gasteiger partial charge in [0.1, 0.15) is 0 Å². The summed E-state index contributed by atoms with van der Waals surface area (Å²) in [5.74, 6) is -1.21. The third kappa shape index (κ3) is 3.05. The number of hydrogen-bond acceptors (Lipinski definition) is 4. The lowest BCUT2D eigenvalue weighted by molar-refractivity contribution is 0.365. The first-order chi connectivity index (χ1) is 8.99. The Kier molecular flexibility index (Phi) is 4.07. The Hall–Kier alpha value is -1.59. The molecular weight excluding hydrogens is 334 g/mol. The highest BCUT2D eigenvalue weighted by atomic mass is 79.9. The zero-order chi connectivity index (χ0) is 14.0. The van der Waals surface area contributed by atoms with E-state index in [4.69, 9.17) is 11.6 Å². The molecule has 0 aromatic heterocycles. The molecule has 0 atom stereocenters. The van der Waals surface area contributed by atoms with Crippen molar-refractivity contribution in [1.82, 2.24) is 0 Å². The maximum atomic E-state index is 9.69. The van der Waals surface area contributed by atoms with E-state index < -0.39 is 5.75 Å². The average Bonchev–Trinajstić information content (AvgIpc) is 2.37. The molecule has 19 heavy (non-hydrogen) atoms. The van der Waals surface area contributed by atoms with Gasteiger partial charge in [0.05, 0.1) is 0 Å². The highest BCUT2D eigenvalue weighted by molar-refractivity contribution is 9.10. The number of halogens is 2. The number of nitrogens with one attached hydrogen (secondary N) is 1. The zero-order valence-corrected chi connectivity index (χ0v) is 12.0. The van der Waals surface area contributed by atoms with Crippen molar-refractivity contribution in [3.05, 3.63) is 45.4 Å². The number of benzene rings is 2. The van der Waals surface area contributed by atoms with Gasteiger partial charge in [0.25, 0.3) is 0 Å². The van der Waals surface area contributed by atoms with E-state index in [2.05, 4.69) is 21.2 Å². The van der Waals surface area contributed by atoms with Crippen molar-refractivity contribution in [2.45, 2.75) is 6.54 Å². The molecule has 4 N–H and O–H groups in total. The number of phenolic OH excluding ortho intramolecular Hbond substituents is 3. The summed E-state index contributed by atoms with van der Waals surface area (Å²) < 4.78 is 0.794. The molecule has 2 aromatic rings. The summed E-state index contributed by atoms with van der Waals surface area (Å²) in [5, 5.41) is 32.0. The van der Waals surface area contributed by atoms with Gasteiger partial charge in [-0.25, -0.2) is 0 Å². The maximum absolute atomic E-state index is 9.69. The number of rotatable bonds is 3. The van der Waals surface area contributed by atoms with Gasteiger partial charge < -0.3 is 20.6 Å². The molecule has 0 amide bonds. The molecule has 0 spiro atoms. The molecule has 6 heteroatoms.